The molecule has 1 aromatic carbocycles. The van der Waals surface area contributed by atoms with Crippen molar-refractivity contribution in [2.45, 2.75) is 32.6 Å². The summed E-state index contributed by atoms with van der Waals surface area (Å²) in [5.41, 5.74) is 1.40. The minimum Gasteiger partial charge on any atom is -0.493 e. The molecular formula is C16H12F6N4O3. The van der Waals surface area contributed by atoms with E-state index < -0.39 is 24.1 Å². The Morgan fingerprint density at radius 2 is 1.55 bits per heavy atom. The third-order valence-corrected chi connectivity index (χ3v) is 3.66. The molecule has 2 heterocycles. The van der Waals surface area contributed by atoms with Crippen LogP contribution >= 0.6 is 0 Å². The monoisotopic (exact) mass is 422 g/mol. The number of aromatic nitrogens is 4. The van der Waals surface area contributed by atoms with Crippen LogP contribution in [0.1, 0.15) is 28.8 Å². The van der Waals surface area contributed by atoms with Crippen LogP contribution in [0.5, 0.6) is 5.75 Å². The summed E-state index contributed by atoms with van der Waals surface area (Å²) in [5, 5.41) is 9.53. The van der Waals surface area contributed by atoms with Gasteiger partial charge in [0, 0.05) is 5.56 Å². The Bertz CT molecular complexity index is 986. The maximum atomic E-state index is 12.6. The normalized spacial score (nSPS) is 12.4. The van der Waals surface area contributed by atoms with E-state index >= 15 is 0 Å². The second-order valence-corrected chi connectivity index (χ2v) is 5.96. The maximum absolute atomic E-state index is 12.6. The van der Waals surface area contributed by atoms with E-state index in [0.29, 0.717) is 22.4 Å². The lowest BCUT2D eigenvalue weighted by Crippen LogP contribution is -2.05. The van der Waals surface area contributed by atoms with Crippen molar-refractivity contribution in [3.05, 3.63) is 40.9 Å². The van der Waals surface area contributed by atoms with Crippen LogP contribution < -0.4 is 4.74 Å². The van der Waals surface area contributed by atoms with E-state index in [0.717, 1.165) is 0 Å². The van der Waals surface area contributed by atoms with Crippen molar-refractivity contribution in [2.24, 2.45) is 0 Å². The second-order valence-electron chi connectivity index (χ2n) is 5.96. The largest absolute Gasteiger partial charge is 0.493 e. The first-order chi connectivity index (χ1) is 13.4. The van der Waals surface area contributed by atoms with Gasteiger partial charge in [-0.15, -0.1) is 10.2 Å². The molecule has 0 bridgehead atoms. The molecule has 0 aliphatic heterocycles. The quantitative estimate of drug-likeness (QED) is 0.564. The van der Waals surface area contributed by atoms with E-state index in [2.05, 4.69) is 29.3 Å². The van der Waals surface area contributed by atoms with Crippen molar-refractivity contribution in [3.8, 4) is 17.1 Å². The van der Waals surface area contributed by atoms with Crippen LogP contribution in [-0.4, -0.2) is 26.9 Å². The van der Waals surface area contributed by atoms with E-state index in [1.165, 1.54) is 12.1 Å². The number of alkyl halides is 6. The third kappa shape index (κ3) is 4.66. The Kier molecular flexibility index (Phi) is 5.24. The van der Waals surface area contributed by atoms with Crippen LogP contribution in [0, 0.1) is 13.8 Å². The lowest BCUT2D eigenvalue weighted by atomic mass is 10.1. The standard InChI is InChI=1S/C16H12F6N4O3/c1-7-5-9(12-23-13(29-26-12)15(17,18)19)6-8(2)11(7)27-4-3-10-24-25-14(28-10)16(20,21)22/h5-6H,3-4H2,1-2H3. The number of rotatable bonds is 5. The Labute approximate surface area is 158 Å². The molecule has 0 amide bonds. The van der Waals surface area contributed by atoms with E-state index in [4.69, 9.17) is 4.74 Å². The van der Waals surface area contributed by atoms with Gasteiger partial charge in [-0.05, 0) is 37.1 Å². The van der Waals surface area contributed by atoms with Gasteiger partial charge >= 0.3 is 24.1 Å². The third-order valence-electron chi connectivity index (χ3n) is 3.66. The molecule has 3 aromatic rings. The van der Waals surface area contributed by atoms with E-state index in [9.17, 15) is 26.3 Å². The van der Waals surface area contributed by atoms with Crippen LogP contribution in [0.25, 0.3) is 11.4 Å². The fraction of sp³-hybridized carbons (Fsp3) is 0.375. The van der Waals surface area contributed by atoms with Crippen LogP contribution in [-0.2, 0) is 18.8 Å². The zero-order chi connectivity index (χ0) is 21.4. The molecule has 0 radical (unpaired) electrons. The number of halogens is 6. The highest BCUT2D eigenvalue weighted by Crippen LogP contribution is 2.32. The van der Waals surface area contributed by atoms with E-state index in [1.807, 2.05) is 0 Å². The molecule has 0 spiro atoms. The van der Waals surface area contributed by atoms with Crippen molar-refractivity contribution in [1.82, 2.24) is 20.3 Å². The summed E-state index contributed by atoms with van der Waals surface area (Å²) >= 11 is 0. The number of hydrogen-bond acceptors (Lipinski definition) is 7. The summed E-state index contributed by atoms with van der Waals surface area (Å²) in [4.78, 5) is 3.32. The molecule has 0 aliphatic carbocycles. The molecule has 0 N–H and O–H groups in total. The fourth-order valence-electron chi connectivity index (χ4n) is 2.47. The number of aryl methyl sites for hydroxylation is 2. The Balaban J connectivity index is 1.70. The minimum atomic E-state index is -4.75. The first-order valence-corrected chi connectivity index (χ1v) is 8.00. The summed E-state index contributed by atoms with van der Waals surface area (Å²) in [7, 11) is 0. The van der Waals surface area contributed by atoms with Crippen molar-refractivity contribution in [1.29, 1.82) is 0 Å². The number of benzene rings is 1. The molecule has 0 unspecified atom stereocenters. The van der Waals surface area contributed by atoms with E-state index in [-0.39, 0.29) is 24.7 Å². The molecule has 2 aromatic heterocycles. The molecule has 0 fully saturated rings. The zero-order valence-electron chi connectivity index (χ0n) is 14.9. The molecule has 0 saturated carbocycles. The molecule has 0 atom stereocenters. The van der Waals surface area contributed by atoms with Crippen molar-refractivity contribution < 1.29 is 40.0 Å². The van der Waals surface area contributed by atoms with Crippen molar-refractivity contribution >= 4 is 0 Å². The predicted molar refractivity (Wildman–Crippen MR) is 82.7 cm³/mol. The van der Waals surface area contributed by atoms with Crippen LogP contribution in [0.15, 0.2) is 21.1 Å². The maximum Gasteiger partial charge on any atom is 0.471 e. The lowest BCUT2D eigenvalue weighted by molar-refractivity contribution is -0.159. The van der Waals surface area contributed by atoms with E-state index in [1.54, 1.807) is 13.8 Å². The van der Waals surface area contributed by atoms with Gasteiger partial charge in [0.2, 0.25) is 11.7 Å². The van der Waals surface area contributed by atoms with Gasteiger partial charge in [-0.3, -0.25) is 0 Å². The zero-order valence-corrected chi connectivity index (χ0v) is 14.9. The molecule has 13 heteroatoms. The number of hydrogen-bond donors (Lipinski definition) is 0. The highest BCUT2D eigenvalue weighted by atomic mass is 19.4. The summed E-state index contributed by atoms with van der Waals surface area (Å²) in [6.07, 6.45) is -9.54. The van der Waals surface area contributed by atoms with Gasteiger partial charge in [-0.1, -0.05) is 5.16 Å². The Morgan fingerprint density at radius 3 is 2.07 bits per heavy atom. The van der Waals surface area contributed by atoms with Gasteiger partial charge < -0.3 is 13.7 Å². The van der Waals surface area contributed by atoms with Crippen molar-refractivity contribution in [2.75, 3.05) is 6.61 Å². The average molecular weight is 422 g/mol. The topological polar surface area (TPSA) is 87.1 Å². The fourth-order valence-corrected chi connectivity index (χ4v) is 2.47. The minimum absolute atomic E-state index is 0.0546. The van der Waals surface area contributed by atoms with Gasteiger partial charge in [0.05, 0.1) is 13.0 Å². The Morgan fingerprint density at radius 1 is 0.931 bits per heavy atom. The lowest BCUT2D eigenvalue weighted by Gasteiger charge is -2.12. The summed E-state index contributed by atoms with van der Waals surface area (Å²) < 4.78 is 89.3. The molecule has 0 saturated heterocycles. The number of nitrogens with zero attached hydrogens (tertiary/aromatic N) is 4. The average Bonchev–Trinajstić information content (AvgIpc) is 3.25. The number of ether oxygens (including phenoxy) is 1. The van der Waals surface area contributed by atoms with Gasteiger partial charge in [0.1, 0.15) is 5.75 Å². The van der Waals surface area contributed by atoms with Crippen LogP contribution in [0.2, 0.25) is 0 Å². The smallest absolute Gasteiger partial charge is 0.471 e. The molecule has 0 aliphatic rings. The van der Waals surface area contributed by atoms with Crippen molar-refractivity contribution in [3.63, 3.8) is 0 Å². The SMILES string of the molecule is Cc1cc(-c2noc(C(F)(F)F)n2)cc(C)c1OCCc1nnc(C(F)(F)F)o1. The highest BCUT2D eigenvalue weighted by molar-refractivity contribution is 5.61. The van der Waals surface area contributed by atoms with Gasteiger partial charge in [-0.25, -0.2) is 0 Å². The van der Waals surface area contributed by atoms with Crippen LogP contribution in [0.4, 0.5) is 26.3 Å². The molecule has 156 valence electrons. The summed E-state index contributed by atoms with van der Waals surface area (Å²) in [5.74, 6) is -2.97. The molecule has 7 nitrogen and oxygen atoms in total. The molecular weight excluding hydrogens is 410 g/mol. The molecule has 3 rings (SSSR count). The van der Waals surface area contributed by atoms with Crippen LogP contribution in [0.3, 0.4) is 0 Å². The summed E-state index contributed by atoms with van der Waals surface area (Å²) in [6.45, 7) is 3.23. The first kappa shape index (κ1) is 20.6. The van der Waals surface area contributed by atoms with Gasteiger partial charge in [-0.2, -0.15) is 31.3 Å². The second kappa shape index (κ2) is 7.37. The predicted octanol–water partition coefficient (Wildman–Crippen LogP) is 4.40. The Hall–Kier alpha value is -3.12. The highest BCUT2D eigenvalue weighted by Gasteiger charge is 2.39. The van der Waals surface area contributed by atoms with Gasteiger partial charge in [0.15, 0.2) is 0 Å². The summed E-state index contributed by atoms with van der Waals surface area (Å²) in [6, 6.07) is 3.00. The molecule has 29 heavy (non-hydrogen) atoms. The van der Waals surface area contributed by atoms with Gasteiger partial charge in [0.25, 0.3) is 0 Å². The first-order valence-electron chi connectivity index (χ1n) is 8.00.